The molecule has 2 aromatic rings. The second-order valence-corrected chi connectivity index (χ2v) is 5.31. The molecule has 2 rings (SSSR count). The van der Waals surface area contributed by atoms with Gasteiger partial charge in [-0.15, -0.1) is 0 Å². The van der Waals surface area contributed by atoms with Crippen molar-refractivity contribution in [1.82, 2.24) is 0 Å². The SMILES string of the molecule is COC(=O)c1cc(OC)c(OC)cc1NC(=O)C(C)Oc1ccccc1. The zero-order valence-corrected chi connectivity index (χ0v) is 15.1. The molecule has 1 amide bonds. The summed E-state index contributed by atoms with van der Waals surface area (Å²) in [6, 6.07) is 11.9. The number of para-hydroxylation sites is 1. The van der Waals surface area contributed by atoms with E-state index in [4.69, 9.17) is 18.9 Å². The van der Waals surface area contributed by atoms with E-state index in [0.717, 1.165) is 0 Å². The second-order valence-electron chi connectivity index (χ2n) is 5.31. The number of anilines is 1. The highest BCUT2D eigenvalue weighted by Crippen LogP contribution is 2.34. The summed E-state index contributed by atoms with van der Waals surface area (Å²) in [5.41, 5.74) is 0.383. The molecule has 0 saturated carbocycles. The number of esters is 1. The van der Waals surface area contributed by atoms with Crippen LogP contribution in [0.5, 0.6) is 17.2 Å². The van der Waals surface area contributed by atoms with Crippen molar-refractivity contribution in [2.75, 3.05) is 26.6 Å². The number of ether oxygens (including phenoxy) is 4. The number of benzene rings is 2. The lowest BCUT2D eigenvalue weighted by Crippen LogP contribution is -2.30. The van der Waals surface area contributed by atoms with Gasteiger partial charge in [0, 0.05) is 12.1 Å². The Morgan fingerprint density at radius 2 is 1.58 bits per heavy atom. The van der Waals surface area contributed by atoms with E-state index >= 15 is 0 Å². The van der Waals surface area contributed by atoms with Crippen molar-refractivity contribution < 1.29 is 28.5 Å². The van der Waals surface area contributed by atoms with Crippen molar-refractivity contribution in [3.05, 3.63) is 48.0 Å². The number of hydrogen-bond acceptors (Lipinski definition) is 6. The maximum Gasteiger partial charge on any atom is 0.340 e. The zero-order chi connectivity index (χ0) is 19.1. The predicted octanol–water partition coefficient (Wildman–Crippen LogP) is 2.90. The fourth-order valence-corrected chi connectivity index (χ4v) is 2.25. The molecule has 138 valence electrons. The monoisotopic (exact) mass is 359 g/mol. The first-order valence-corrected chi connectivity index (χ1v) is 7.87. The number of methoxy groups -OCH3 is 3. The van der Waals surface area contributed by atoms with Crippen LogP contribution in [-0.4, -0.2) is 39.3 Å². The molecule has 0 aliphatic carbocycles. The minimum Gasteiger partial charge on any atom is -0.493 e. The molecule has 1 N–H and O–H groups in total. The molecule has 2 aromatic carbocycles. The number of carbonyl (C=O) groups excluding carboxylic acids is 2. The van der Waals surface area contributed by atoms with Crippen molar-refractivity contribution in [3.63, 3.8) is 0 Å². The van der Waals surface area contributed by atoms with Gasteiger partial charge in [0.15, 0.2) is 17.6 Å². The van der Waals surface area contributed by atoms with Gasteiger partial charge in [-0.3, -0.25) is 4.79 Å². The Kier molecular flexibility index (Phi) is 6.43. The van der Waals surface area contributed by atoms with Crippen LogP contribution in [0.15, 0.2) is 42.5 Å². The molecule has 0 fully saturated rings. The van der Waals surface area contributed by atoms with Gasteiger partial charge < -0.3 is 24.3 Å². The number of nitrogens with one attached hydrogen (secondary N) is 1. The van der Waals surface area contributed by atoms with Crippen LogP contribution in [0, 0.1) is 0 Å². The highest BCUT2D eigenvalue weighted by molar-refractivity contribution is 6.03. The molecule has 0 aliphatic rings. The Labute approximate surface area is 151 Å². The Morgan fingerprint density at radius 3 is 2.15 bits per heavy atom. The number of hydrogen-bond donors (Lipinski definition) is 1. The van der Waals surface area contributed by atoms with E-state index in [-0.39, 0.29) is 11.3 Å². The first kappa shape index (κ1) is 19.1. The van der Waals surface area contributed by atoms with Gasteiger partial charge in [-0.2, -0.15) is 0 Å². The van der Waals surface area contributed by atoms with Crippen molar-refractivity contribution in [1.29, 1.82) is 0 Å². The Hall–Kier alpha value is -3.22. The van der Waals surface area contributed by atoms with Crippen LogP contribution in [0.1, 0.15) is 17.3 Å². The third-order valence-electron chi connectivity index (χ3n) is 3.61. The molecular weight excluding hydrogens is 338 g/mol. The molecule has 7 heteroatoms. The van der Waals surface area contributed by atoms with Gasteiger partial charge in [0.25, 0.3) is 5.91 Å². The average Bonchev–Trinajstić information content (AvgIpc) is 2.67. The van der Waals surface area contributed by atoms with Crippen molar-refractivity contribution in [2.24, 2.45) is 0 Å². The summed E-state index contributed by atoms with van der Waals surface area (Å²) in [4.78, 5) is 24.5. The molecule has 0 heterocycles. The van der Waals surface area contributed by atoms with E-state index in [1.807, 2.05) is 18.2 Å². The number of carbonyl (C=O) groups is 2. The smallest absolute Gasteiger partial charge is 0.340 e. The molecule has 0 saturated heterocycles. The molecule has 0 aliphatic heterocycles. The Balaban J connectivity index is 2.25. The van der Waals surface area contributed by atoms with Gasteiger partial charge >= 0.3 is 5.97 Å². The first-order valence-electron chi connectivity index (χ1n) is 7.87. The normalized spacial score (nSPS) is 11.2. The summed E-state index contributed by atoms with van der Waals surface area (Å²) < 4.78 is 20.8. The molecule has 0 bridgehead atoms. The van der Waals surface area contributed by atoms with E-state index in [2.05, 4.69) is 5.32 Å². The second kappa shape index (κ2) is 8.75. The zero-order valence-electron chi connectivity index (χ0n) is 15.1. The summed E-state index contributed by atoms with van der Waals surface area (Å²) in [7, 11) is 4.17. The highest BCUT2D eigenvalue weighted by atomic mass is 16.5. The predicted molar refractivity (Wildman–Crippen MR) is 96.0 cm³/mol. The maximum atomic E-state index is 12.5. The summed E-state index contributed by atoms with van der Waals surface area (Å²) in [5, 5.41) is 2.67. The number of amides is 1. The Bertz CT molecular complexity index is 775. The molecule has 26 heavy (non-hydrogen) atoms. The highest BCUT2D eigenvalue weighted by Gasteiger charge is 2.22. The van der Waals surface area contributed by atoms with Crippen LogP contribution >= 0.6 is 0 Å². The van der Waals surface area contributed by atoms with Crippen LogP contribution < -0.4 is 19.5 Å². The lowest BCUT2D eigenvalue weighted by atomic mass is 10.1. The summed E-state index contributed by atoms with van der Waals surface area (Å²) >= 11 is 0. The number of rotatable bonds is 7. The van der Waals surface area contributed by atoms with Crippen molar-refractivity contribution >= 4 is 17.6 Å². The maximum absolute atomic E-state index is 12.5. The fourth-order valence-electron chi connectivity index (χ4n) is 2.25. The molecular formula is C19H21NO6. The van der Waals surface area contributed by atoms with E-state index in [0.29, 0.717) is 17.2 Å². The quantitative estimate of drug-likeness (QED) is 0.766. The van der Waals surface area contributed by atoms with Gasteiger partial charge in [0.05, 0.1) is 32.6 Å². The first-order chi connectivity index (χ1) is 12.5. The van der Waals surface area contributed by atoms with Crippen LogP contribution in [0.3, 0.4) is 0 Å². The van der Waals surface area contributed by atoms with Crippen LogP contribution in [0.2, 0.25) is 0 Å². The van der Waals surface area contributed by atoms with E-state index in [9.17, 15) is 9.59 Å². The fraction of sp³-hybridized carbons (Fsp3) is 0.263. The largest absolute Gasteiger partial charge is 0.493 e. The van der Waals surface area contributed by atoms with E-state index in [1.165, 1.54) is 33.5 Å². The molecule has 7 nitrogen and oxygen atoms in total. The van der Waals surface area contributed by atoms with Crippen LogP contribution in [0.25, 0.3) is 0 Å². The topological polar surface area (TPSA) is 83.1 Å². The summed E-state index contributed by atoms with van der Waals surface area (Å²) in [6.45, 7) is 1.61. The molecule has 0 spiro atoms. The summed E-state index contributed by atoms with van der Waals surface area (Å²) in [5.74, 6) is 0.242. The van der Waals surface area contributed by atoms with Gasteiger partial charge in [0.1, 0.15) is 5.75 Å². The molecule has 1 atom stereocenters. The summed E-state index contributed by atoms with van der Waals surface area (Å²) in [6.07, 6.45) is -0.781. The van der Waals surface area contributed by atoms with Gasteiger partial charge in [-0.25, -0.2) is 4.79 Å². The lowest BCUT2D eigenvalue weighted by Gasteiger charge is -2.17. The molecule has 0 radical (unpaired) electrons. The molecule has 1 unspecified atom stereocenters. The average molecular weight is 359 g/mol. The third-order valence-corrected chi connectivity index (χ3v) is 3.61. The van der Waals surface area contributed by atoms with E-state index in [1.54, 1.807) is 19.1 Å². The van der Waals surface area contributed by atoms with Crippen molar-refractivity contribution in [3.8, 4) is 17.2 Å². The van der Waals surface area contributed by atoms with Crippen molar-refractivity contribution in [2.45, 2.75) is 13.0 Å². The standard InChI is InChI=1S/C19H21NO6/c1-12(26-13-8-6-5-7-9-13)18(21)20-15-11-17(24-3)16(23-2)10-14(15)19(22)25-4/h5-12H,1-4H3,(H,20,21). The van der Waals surface area contributed by atoms with Crippen LogP contribution in [-0.2, 0) is 9.53 Å². The minimum atomic E-state index is -0.781. The van der Waals surface area contributed by atoms with Crippen LogP contribution in [0.4, 0.5) is 5.69 Å². The van der Waals surface area contributed by atoms with Gasteiger partial charge in [-0.1, -0.05) is 18.2 Å². The Morgan fingerprint density at radius 1 is 0.962 bits per heavy atom. The molecule has 0 aromatic heterocycles. The lowest BCUT2D eigenvalue weighted by molar-refractivity contribution is -0.122. The third kappa shape index (κ3) is 4.44. The van der Waals surface area contributed by atoms with Gasteiger partial charge in [0.2, 0.25) is 0 Å². The van der Waals surface area contributed by atoms with E-state index < -0.39 is 18.0 Å². The minimum absolute atomic E-state index is 0.144. The van der Waals surface area contributed by atoms with Gasteiger partial charge in [-0.05, 0) is 19.1 Å².